The van der Waals surface area contributed by atoms with Gasteiger partial charge in [0.25, 0.3) is 0 Å². The first kappa shape index (κ1) is 8.60. The molecule has 2 rings (SSSR count). The smallest absolute Gasteiger partial charge is 0.200 e. The second-order valence-electron chi connectivity index (χ2n) is 4.02. The van der Waals surface area contributed by atoms with Crippen LogP contribution in [-0.4, -0.2) is 9.55 Å². The Labute approximate surface area is 79.0 Å². The SMILES string of the molecule is CC1CCCCC1n1ccnc1N. The van der Waals surface area contributed by atoms with Crippen molar-refractivity contribution < 1.29 is 0 Å². The van der Waals surface area contributed by atoms with Crippen molar-refractivity contribution in [2.24, 2.45) is 5.92 Å². The van der Waals surface area contributed by atoms with Gasteiger partial charge in [-0.2, -0.15) is 0 Å². The second kappa shape index (κ2) is 3.40. The summed E-state index contributed by atoms with van der Waals surface area (Å²) in [5, 5.41) is 0. The highest BCUT2D eigenvalue weighted by Crippen LogP contribution is 2.34. The summed E-state index contributed by atoms with van der Waals surface area (Å²) in [7, 11) is 0. The van der Waals surface area contributed by atoms with Crippen molar-refractivity contribution >= 4 is 5.95 Å². The Morgan fingerprint density at radius 1 is 1.46 bits per heavy atom. The zero-order valence-electron chi connectivity index (χ0n) is 8.11. The fraction of sp³-hybridized carbons (Fsp3) is 0.700. The van der Waals surface area contributed by atoms with Crippen molar-refractivity contribution in [2.75, 3.05) is 5.73 Å². The molecule has 0 radical (unpaired) electrons. The van der Waals surface area contributed by atoms with Crippen LogP contribution in [0.25, 0.3) is 0 Å². The maximum Gasteiger partial charge on any atom is 0.200 e. The van der Waals surface area contributed by atoms with Crippen LogP contribution in [0.3, 0.4) is 0 Å². The number of hydrogen-bond acceptors (Lipinski definition) is 2. The van der Waals surface area contributed by atoms with Gasteiger partial charge < -0.3 is 10.3 Å². The van der Waals surface area contributed by atoms with Gasteiger partial charge in [0, 0.05) is 18.4 Å². The normalized spacial score (nSPS) is 29.0. The van der Waals surface area contributed by atoms with E-state index in [2.05, 4.69) is 16.5 Å². The van der Waals surface area contributed by atoms with Crippen LogP contribution in [0.1, 0.15) is 38.6 Å². The molecule has 1 saturated carbocycles. The van der Waals surface area contributed by atoms with Gasteiger partial charge in [0.2, 0.25) is 0 Å². The summed E-state index contributed by atoms with van der Waals surface area (Å²) in [6.07, 6.45) is 9.06. The number of anilines is 1. The molecule has 0 aliphatic heterocycles. The largest absolute Gasteiger partial charge is 0.369 e. The molecule has 1 aliphatic carbocycles. The van der Waals surface area contributed by atoms with E-state index in [0.717, 1.165) is 5.92 Å². The maximum atomic E-state index is 5.79. The molecule has 3 nitrogen and oxygen atoms in total. The Balaban J connectivity index is 2.19. The third-order valence-electron chi connectivity index (χ3n) is 3.12. The predicted molar refractivity (Wildman–Crippen MR) is 53.3 cm³/mol. The molecule has 1 fully saturated rings. The predicted octanol–water partition coefficient (Wildman–Crippen LogP) is 2.22. The highest BCUT2D eigenvalue weighted by molar-refractivity contribution is 5.18. The van der Waals surface area contributed by atoms with E-state index < -0.39 is 0 Å². The summed E-state index contributed by atoms with van der Waals surface area (Å²) in [5.74, 6) is 1.41. The summed E-state index contributed by atoms with van der Waals surface area (Å²) in [6, 6.07) is 0.580. The van der Waals surface area contributed by atoms with Crippen molar-refractivity contribution in [3.8, 4) is 0 Å². The van der Waals surface area contributed by atoms with Gasteiger partial charge in [-0.3, -0.25) is 0 Å². The van der Waals surface area contributed by atoms with Crippen molar-refractivity contribution in [3.05, 3.63) is 12.4 Å². The average molecular weight is 179 g/mol. The van der Waals surface area contributed by atoms with Gasteiger partial charge in [0.1, 0.15) is 0 Å². The lowest BCUT2D eigenvalue weighted by Gasteiger charge is -2.30. The lowest BCUT2D eigenvalue weighted by atomic mass is 9.86. The number of imidazole rings is 1. The molecular weight excluding hydrogens is 162 g/mol. The molecule has 0 aromatic carbocycles. The lowest BCUT2D eigenvalue weighted by molar-refractivity contribution is 0.259. The van der Waals surface area contributed by atoms with Gasteiger partial charge in [-0.25, -0.2) is 4.98 Å². The van der Waals surface area contributed by atoms with Crippen molar-refractivity contribution in [1.82, 2.24) is 9.55 Å². The molecule has 0 spiro atoms. The summed E-state index contributed by atoms with van der Waals surface area (Å²) in [6.45, 7) is 2.31. The van der Waals surface area contributed by atoms with E-state index in [9.17, 15) is 0 Å². The fourth-order valence-electron chi connectivity index (χ4n) is 2.31. The van der Waals surface area contributed by atoms with Crippen LogP contribution in [0.4, 0.5) is 5.95 Å². The number of hydrogen-bond donors (Lipinski definition) is 1. The first-order valence-corrected chi connectivity index (χ1v) is 5.07. The molecule has 1 aromatic heterocycles. The number of aromatic nitrogens is 2. The molecule has 0 amide bonds. The van der Waals surface area contributed by atoms with Crippen molar-refractivity contribution in [2.45, 2.75) is 38.6 Å². The van der Waals surface area contributed by atoms with Crippen LogP contribution >= 0.6 is 0 Å². The maximum absolute atomic E-state index is 5.79. The van der Waals surface area contributed by atoms with Gasteiger partial charge in [0.05, 0.1) is 0 Å². The van der Waals surface area contributed by atoms with Crippen LogP contribution < -0.4 is 5.73 Å². The molecule has 2 N–H and O–H groups in total. The molecule has 13 heavy (non-hydrogen) atoms. The quantitative estimate of drug-likeness (QED) is 0.718. The third kappa shape index (κ3) is 1.55. The number of nitrogens with zero attached hydrogens (tertiary/aromatic N) is 2. The summed E-state index contributed by atoms with van der Waals surface area (Å²) in [5.41, 5.74) is 5.79. The first-order valence-electron chi connectivity index (χ1n) is 5.07. The first-order chi connectivity index (χ1) is 6.29. The monoisotopic (exact) mass is 179 g/mol. The van der Waals surface area contributed by atoms with E-state index >= 15 is 0 Å². The Kier molecular flexibility index (Phi) is 2.25. The van der Waals surface area contributed by atoms with Crippen LogP contribution in [0.15, 0.2) is 12.4 Å². The second-order valence-corrected chi connectivity index (χ2v) is 4.02. The Morgan fingerprint density at radius 2 is 2.23 bits per heavy atom. The zero-order chi connectivity index (χ0) is 9.26. The lowest BCUT2D eigenvalue weighted by Crippen LogP contribution is -2.21. The molecule has 1 aliphatic rings. The van der Waals surface area contributed by atoms with Gasteiger partial charge in [-0.05, 0) is 18.8 Å². The minimum absolute atomic E-state index is 0.580. The van der Waals surface area contributed by atoms with E-state index in [-0.39, 0.29) is 0 Å². The number of nitrogen functional groups attached to an aromatic ring is 1. The minimum atomic E-state index is 0.580. The molecule has 3 heteroatoms. The van der Waals surface area contributed by atoms with E-state index in [0.29, 0.717) is 12.0 Å². The van der Waals surface area contributed by atoms with E-state index in [1.807, 2.05) is 6.20 Å². The summed E-state index contributed by atoms with van der Waals surface area (Å²) < 4.78 is 2.13. The number of nitrogens with two attached hydrogens (primary N) is 1. The molecule has 2 atom stereocenters. The Bertz CT molecular complexity index is 279. The van der Waals surface area contributed by atoms with Gasteiger partial charge in [0.15, 0.2) is 5.95 Å². The minimum Gasteiger partial charge on any atom is -0.369 e. The molecule has 2 unspecified atom stereocenters. The highest BCUT2D eigenvalue weighted by Gasteiger charge is 2.23. The van der Waals surface area contributed by atoms with Crippen molar-refractivity contribution in [1.29, 1.82) is 0 Å². The fourth-order valence-corrected chi connectivity index (χ4v) is 2.31. The topological polar surface area (TPSA) is 43.8 Å². The molecular formula is C10H17N3. The average Bonchev–Trinajstić information content (AvgIpc) is 2.52. The van der Waals surface area contributed by atoms with Crippen LogP contribution in [0, 0.1) is 5.92 Å². The van der Waals surface area contributed by atoms with Crippen LogP contribution in [0.5, 0.6) is 0 Å². The molecule has 0 bridgehead atoms. The van der Waals surface area contributed by atoms with Gasteiger partial charge in [-0.1, -0.05) is 19.8 Å². The zero-order valence-corrected chi connectivity index (χ0v) is 8.11. The van der Waals surface area contributed by atoms with Crippen LogP contribution in [0.2, 0.25) is 0 Å². The summed E-state index contributed by atoms with van der Waals surface area (Å²) >= 11 is 0. The molecule has 1 heterocycles. The molecule has 1 aromatic rings. The standard InChI is InChI=1S/C10H17N3/c1-8-4-2-3-5-9(8)13-7-6-12-10(13)11/h6-9H,2-5H2,1H3,(H2,11,12). The Morgan fingerprint density at radius 3 is 2.85 bits per heavy atom. The molecule has 72 valence electrons. The Hall–Kier alpha value is -0.990. The van der Waals surface area contributed by atoms with Crippen LogP contribution in [-0.2, 0) is 0 Å². The van der Waals surface area contributed by atoms with E-state index in [1.54, 1.807) is 6.20 Å². The van der Waals surface area contributed by atoms with Crippen molar-refractivity contribution in [3.63, 3.8) is 0 Å². The highest BCUT2D eigenvalue weighted by atomic mass is 15.2. The number of rotatable bonds is 1. The van der Waals surface area contributed by atoms with Gasteiger partial charge in [-0.15, -0.1) is 0 Å². The van der Waals surface area contributed by atoms with E-state index in [4.69, 9.17) is 5.73 Å². The summed E-state index contributed by atoms with van der Waals surface area (Å²) in [4.78, 5) is 4.07. The third-order valence-corrected chi connectivity index (χ3v) is 3.12. The molecule has 0 saturated heterocycles. The van der Waals surface area contributed by atoms with Gasteiger partial charge >= 0.3 is 0 Å². The van der Waals surface area contributed by atoms with E-state index in [1.165, 1.54) is 25.7 Å².